The Morgan fingerprint density at radius 3 is 2.37 bits per heavy atom. The molecule has 1 aromatic carbocycles. The van der Waals surface area contributed by atoms with Gasteiger partial charge in [0.2, 0.25) is 15.9 Å². The van der Waals surface area contributed by atoms with Crippen molar-refractivity contribution in [2.75, 3.05) is 6.54 Å². The van der Waals surface area contributed by atoms with Crippen LogP contribution in [0.15, 0.2) is 24.3 Å². The van der Waals surface area contributed by atoms with E-state index in [0.717, 1.165) is 44.2 Å². The van der Waals surface area contributed by atoms with E-state index in [1.807, 2.05) is 4.72 Å². The van der Waals surface area contributed by atoms with Crippen molar-refractivity contribution in [3.63, 3.8) is 0 Å². The quantitative estimate of drug-likeness (QED) is 0.753. The van der Waals surface area contributed by atoms with Gasteiger partial charge in [0, 0.05) is 12.5 Å². The topological polar surface area (TPSA) is 83.6 Å². The normalized spacial score (nSPS) is 23.0. The van der Waals surface area contributed by atoms with Crippen LogP contribution in [0.3, 0.4) is 0 Å². The number of carbonyl (C=O) groups excluding carboxylic acids is 2. The maximum Gasteiger partial charge on any atom is 0.416 e. The number of carbonyl (C=O) groups is 2. The summed E-state index contributed by atoms with van der Waals surface area (Å²) in [7, 11) is -4.39. The molecule has 2 amide bonds. The van der Waals surface area contributed by atoms with Gasteiger partial charge in [-0.05, 0) is 37.8 Å². The average molecular weight is 446 g/mol. The Balaban J connectivity index is 1.71. The van der Waals surface area contributed by atoms with Gasteiger partial charge in [0.15, 0.2) is 0 Å². The maximum atomic E-state index is 13.1. The summed E-state index contributed by atoms with van der Waals surface area (Å²) in [6.07, 6.45) is 0.0455. The van der Waals surface area contributed by atoms with Crippen molar-refractivity contribution in [1.82, 2.24) is 9.62 Å². The van der Waals surface area contributed by atoms with Crippen LogP contribution < -0.4 is 4.72 Å². The summed E-state index contributed by atoms with van der Waals surface area (Å²) in [4.78, 5) is 26.9. The van der Waals surface area contributed by atoms with Gasteiger partial charge in [0.25, 0.3) is 5.91 Å². The van der Waals surface area contributed by atoms with E-state index >= 15 is 0 Å². The predicted molar refractivity (Wildman–Crippen MR) is 104 cm³/mol. The molecule has 1 aromatic rings. The highest BCUT2D eigenvalue weighted by Gasteiger charge is 2.51. The van der Waals surface area contributed by atoms with Crippen LogP contribution in [0.25, 0.3) is 0 Å². The molecular formula is C20H25F3N2O4S. The summed E-state index contributed by atoms with van der Waals surface area (Å²) in [6.45, 7) is 1.85. The smallest absolute Gasteiger partial charge is 0.328 e. The molecule has 10 heteroatoms. The molecule has 6 nitrogen and oxygen atoms in total. The lowest BCUT2D eigenvalue weighted by molar-refractivity contribution is -0.160. The summed E-state index contributed by atoms with van der Waals surface area (Å²) >= 11 is 0. The third kappa shape index (κ3) is 4.63. The number of rotatable bonds is 5. The maximum absolute atomic E-state index is 13.1. The van der Waals surface area contributed by atoms with Gasteiger partial charge in [0.1, 0.15) is 5.54 Å². The molecule has 1 N–H and O–H groups in total. The summed E-state index contributed by atoms with van der Waals surface area (Å²) in [5.74, 6) is -2.19. The van der Waals surface area contributed by atoms with Crippen LogP contribution in [0, 0.1) is 5.92 Å². The van der Waals surface area contributed by atoms with E-state index in [0.29, 0.717) is 13.0 Å². The SMILES string of the molecule is CC1(C(=O)NS(=O)(=O)Cc2ccccc2C(F)(F)F)CCN1C(=O)C1CCCCC1. The van der Waals surface area contributed by atoms with Crippen molar-refractivity contribution in [3.8, 4) is 0 Å². The van der Waals surface area contributed by atoms with Gasteiger partial charge in [-0.1, -0.05) is 37.5 Å². The third-order valence-corrected chi connectivity index (χ3v) is 7.23. The molecule has 0 radical (unpaired) electrons. The molecule has 1 aliphatic heterocycles. The van der Waals surface area contributed by atoms with Crippen molar-refractivity contribution in [3.05, 3.63) is 35.4 Å². The molecule has 0 aromatic heterocycles. The number of halogens is 3. The van der Waals surface area contributed by atoms with E-state index in [1.165, 1.54) is 24.0 Å². The Morgan fingerprint density at radius 2 is 1.80 bits per heavy atom. The highest BCUT2D eigenvalue weighted by molar-refractivity contribution is 7.89. The molecule has 2 aliphatic rings. The monoisotopic (exact) mass is 446 g/mol. The van der Waals surface area contributed by atoms with E-state index in [4.69, 9.17) is 0 Å². The Hall–Kier alpha value is -2.10. The first-order chi connectivity index (χ1) is 13.9. The van der Waals surface area contributed by atoms with Crippen LogP contribution in [-0.2, 0) is 31.5 Å². The zero-order valence-electron chi connectivity index (χ0n) is 16.7. The zero-order valence-corrected chi connectivity index (χ0v) is 17.5. The summed E-state index contributed by atoms with van der Waals surface area (Å²) in [5, 5.41) is 0. The summed E-state index contributed by atoms with van der Waals surface area (Å²) in [6, 6.07) is 4.34. The molecule has 1 aliphatic carbocycles. The molecule has 1 heterocycles. The van der Waals surface area contributed by atoms with Gasteiger partial charge >= 0.3 is 6.18 Å². The van der Waals surface area contributed by atoms with Crippen molar-refractivity contribution < 1.29 is 31.2 Å². The average Bonchev–Trinajstić information content (AvgIpc) is 2.66. The number of nitrogens with one attached hydrogen (secondary N) is 1. The second-order valence-electron chi connectivity index (χ2n) is 8.19. The lowest BCUT2D eigenvalue weighted by atomic mass is 9.81. The molecule has 1 saturated carbocycles. The fourth-order valence-electron chi connectivity index (χ4n) is 4.13. The number of hydrogen-bond acceptors (Lipinski definition) is 4. The van der Waals surface area contributed by atoms with Crippen LogP contribution in [0.5, 0.6) is 0 Å². The first kappa shape index (κ1) is 22.6. The van der Waals surface area contributed by atoms with Crippen LogP contribution in [0.4, 0.5) is 13.2 Å². The molecule has 30 heavy (non-hydrogen) atoms. The van der Waals surface area contributed by atoms with E-state index in [-0.39, 0.29) is 11.8 Å². The van der Waals surface area contributed by atoms with Gasteiger partial charge in [0.05, 0.1) is 11.3 Å². The number of sulfonamides is 1. The first-order valence-corrected chi connectivity index (χ1v) is 11.6. The van der Waals surface area contributed by atoms with Crippen LogP contribution in [0.1, 0.15) is 56.6 Å². The number of amides is 2. The highest BCUT2D eigenvalue weighted by Crippen LogP contribution is 2.36. The summed E-state index contributed by atoms with van der Waals surface area (Å²) in [5.41, 5.74) is -2.82. The number of hydrogen-bond donors (Lipinski definition) is 1. The van der Waals surface area contributed by atoms with Crippen molar-refractivity contribution >= 4 is 21.8 Å². The fraction of sp³-hybridized carbons (Fsp3) is 0.600. The van der Waals surface area contributed by atoms with E-state index < -0.39 is 44.5 Å². The molecule has 1 saturated heterocycles. The Bertz CT molecular complexity index is 926. The number of likely N-dealkylation sites (tertiary alicyclic amines) is 1. The van der Waals surface area contributed by atoms with Crippen molar-refractivity contribution in [2.24, 2.45) is 5.92 Å². The second kappa shape index (κ2) is 8.20. The minimum absolute atomic E-state index is 0.154. The Labute approximate surface area is 173 Å². The lowest BCUT2D eigenvalue weighted by Crippen LogP contribution is -2.68. The van der Waals surface area contributed by atoms with Gasteiger partial charge in [-0.2, -0.15) is 13.2 Å². The number of nitrogens with zero attached hydrogens (tertiary/aromatic N) is 1. The first-order valence-electron chi connectivity index (χ1n) is 9.95. The molecule has 1 atom stereocenters. The molecule has 0 spiro atoms. The molecule has 1 unspecified atom stereocenters. The Kier molecular flexibility index (Phi) is 6.18. The van der Waals surface area contributed by atoms with Gasteiger partial charge < -0.3 is 4.90 Å². The predicted octanol–water partition coefficient (Wildman–Crippen LogP) is 3.22. The van der Waals surface area contributed by atoms with Gasteiger partial charge in [-0.3, -0.25) is 14.3 Å². The molecule has 3 rings (SSSR count). The molecule has 0 bridgehead atoms. The van der Waals surface area contributed by atoms with Crippen LogP contribution >= 0.6 is 0 Å². The lowest BCUT2D eigenvalue weighted by Gasteiger charge is -2.50. The third-order valence-electron chi connectivity index (χ3n) is 6.04. The second-order valence-corrected chi connectivity index (χ2v) is 9.92. The minimum Gasteiger partial charge on any atom is -0.328 e. The van der Waals surface area contributed by atoms with E-state index in [9.17, 15) is 31.2 Å². The standard InChI is InChI=1S/C20H25F3N2O4S/c1-19(11-12-25(19)17(26)14-7-3-2-4-8-14)18(27)24-30(28,29)13-15-9-5-6-10-16(15)20(21,22)23/h5-6,9-10,14H,2-4,7-8,11-13H2,1H3,(H,24,27). The molecular weight excluding hydrogens is 421 g/mol. The van der Waals surface area contributed by atoms with Crippen molar-refractivity contribution in [1.29, 1.82) is 0 Å². The van der Waals surface area contributed by atoms with Crippen LogP contribution in [-0.4, -0.2) is 37.2 Å². The van der Waals surface area contributed by atoms with Gasteiger partial charge in [-0.25, -0.2) is 8.42 Å². The van der Waals surface area contributed by atoms with Crippen molar-refractivity contribution in [2.45, 2.75) is 62.9 Å². The van der Waals surface area contributed by atoms with E-state index in [1.54, 1.807) is 0 Å². The minimum atomic E-state index is -4.71. The number of benzene rings is 1. The fourth-order valence-corrected chi connectivity index (χ4v) is 5.37. The Morgan fingerprint density at radius 1 is 1.17 bits per heavy atom. The van der Waals surface area contributed by atoms with Crippen LogP contribution in [0.2, 0.25) is 0 Å². The van der Waals surface area contributed by atoms with Gasteiger partial charge in [-0.15, -0.1) is 0 Å². The highest BCUT2D eigenvalue weighted by atomic mass is 32.2. The summed E-state index contributed by atoms with van der Waals surface area (Å²) < 4.78 is 66.2. The van der Waals surface area contributed by atoms with E-state index in [2.05, 4.69) is 0 Å². The molecule has 2 fully saturated rings. The largest absolute Gasteiger partial charge is 0.416 e. The zero-order chi connectivity index (χ0) is 22.2. The molecule has 166 valence electrons. The number of alkyl halides is 3.